The first-order chi connectivity index (χ1) is 14.9. The predicted molar refractivity (Wildman–Crippen MR) is 112 cm³/mol. The number of nitrogens with one attached hydrogen (secondary N) is 3. The Morgan fingerprint density at radius 2 is 1.41 bits per heavy atom. The molecule has 0 radical (unpaired) electrons. The summed E-state index contributed by atoms with van der Waals surface area (Å²) in [6, 6.07) is -5.71. The molecule has 10 N–H and O–H groups in total. The summed E-state index contributed by atoms with van der Waals surface area (Å²) in [5.74, 6) is -6.08. The Bertz CT molecular complexity index is 706. The third kappa shape index (κ3) is 11.5. The first-order valence-corrected chi connectivity index (χ1v) is 10.8. The van der Waals surface area contributed by atoms with Crippen molar-refractivity contribution >= 4 is 47.3 Å². The highest BCUT2D eigenvalue weighted by molar-refractivity contribution is 7.98. The van der Waals surface area contributed by atoms with Crippen LogP contribution in [0.2, 0.25) is 0 Å². The number of rotatable bonds is 16. The zero-order valence-electron chi connectivity index (χ0n) is 17.4. The van der Waals surface area contributed by atoms with Gasteiger partial charge in [0.2, 0.25) is 23.6 Å². The third-order valence-electron chi connectivity index (χ3n) is 4.09. The van der Waals surface area contributed by atoms with Crippen LogP contribution >= 0.6 is 11.8 Å². The summed E-state index contributed by atoms with van der Waals surface area (Å²) in [6.45, 7) is -0.949. The number of hydrogen-bond donors (Lipinski definition) is 8. The maximum Gasteiger partial charge on any atom is 0.328 e. The summed E-state index contributed by atoms with van der Waals surface area (Å²) in [4.78, 5) is 70.4. The maximum atomic E-state index is 12.6. The normalized spacial score (nSPS) is 14.3. The summed E-state index contributed by atoms with van der Waals surface area (Å²) in [5.41, 5.74) is 10.8. The van der Waals surface area contributed by atoms with Crippen molar-refractivity contribution in [1.29, 1.82) is 0 Å². The average Bonchev–Trinajstić information content (AvgIpc) is 2.71. The number of primary amides is 1. The summed E-state index contributed by atoms with van der Waals surface area (Å²) in [5, 5.41) is 33.2. The fourth-order valence-corrected chi connectivity index (χ4v) is 2.82. The van der Waals surface area contributed by atoms with Gasteiger partial charge < -0.3 is 42.7 Å². The lowest BCUT2D eigenvalue weighted by Crippen LogP contribution is -2.58. The highest BCUT2D eigenvalue weighted by Crippen LogP contribution is 2.04. The third-order valence-corrected chi connectivity index (χ3v) is 4.73. The molecule has 32 heavy (non-hydrogen) atoms. The standard InChI is InChI=1S/C17H29N5O9S/c1-32-5-4-8(18)14(27)21-10(6-12(19)24)16(29)20-9(2-3-13(25)26)15(28)22-11(7-23)17(30)31/h8-11,23H,2-7,18H2,1H3,(H2,19,24)(H,20,29)(H,21,27)(H,22,28)(H,25,26)(H,30,31). The molecule has 182 valence electrons. The Hall–Kier alpha value is -2.91. The quantitative estimate of drug-likeness (QED) is 0.107. The zero-order chi connectivity index (χ0) is 24.8. The van der Waals surface area contributed by atoms with Crippen LogP contribution in [-0.4, -0.2) is 93.7 Å². The number of thioether (sulfide) groups is 1. The minimum Gasteiger partial charge on any atom is -0.481 e. The van der Waals surface area contributed by atoms with Crippen LogP contribution < -0.4 is 27.4 Å². The number of carboxylic acid groups (broad SMARTS) is 2. The Labute approximate surface area is 187 Å². The van der Waals surface area contributed by atoms with Crippen molar-refractivity contribution in [1.82, 2.24) is 16.0 Å². The van der Waals surface area contributed by atoms with E-state index in [2.05, 4.69) is 10.6 Å². The van der Waals surface area contributed by atoms with Crippen LogP contribution in [0.5, 0.6) is 0 Å². The zero-order valence-corrected chi connectivity index (χ0v) is 18.2. The minimum atomic E-state index is -1.69. The molecule has 15 heteroatoms. The number of carbonyl (C=O) groups excluding carboxylic acids is 4. The smallest absolute Gasteiger partial charge is 0.328 e. The molecule has 0 heterocycles. The van der Waals surface area contributed by atoms with Crippen LogP contribution in [0, 0.1) is 0 Å². The molecule has 14 nitrogen and oxygen atoms in total. The van der Waals surface area contributed by atoms with E-state index in [9.17, 15) is 28.8 Å². The molecule has 0 rings (SSSR count). The molecule has 0 aromatic heterocycles. The average molecular weight is 480 g/mol. The van der Waals surface area contributed by atoms with Gasteiger partial charge in [0.1, 0.15) is 18.1 Å². The van der Waals surface area contributed by atoms with E-state index in [0.29, 0.717) is 12.2 Å². The Morgan fingerprint density at radius 3 is 1.88 bits per heavy atom. The maximum absolute atomic E-state index is 12.6. The lowest BCUT2D eigenvalue weighted by Gasteiger charge is -2.24. The van der Waals surface area contributed by atoms with E-state index in [1.165, 1.54) is 11.8 Å². The number of aliphatic carboxylic acids is 2. The Kier molecular flexibility index (Phi) is 13.6. The van der Waals surface area contributed by atoms with Gasteiger partial charge in [-0.15, -0.1) is 0 Å². The molecule has 0 aromatic rings. The number of nitrogens with two attached hydrogens (primary N) is 2. The van der Waals surface area contributed by atoms with Gasteiger partial charge in [-0.3, -0.25) is 24.0 Å². The van der Waals surface area contributed by atoms with Gasteiger partial charge in [0.25, 0.3) is 0 Å². The molecule has 0 saturated heterocycles. The molecule has 0 fully saturated rings. The molecule has 0 aliphatic carbocycles. The SMILES string of the molecule is CSCCC(N)C(=O)NC(CC(N)=O)C(=O)NC(CCC(=O)O)C(=O)NC(CO)C(=O)O. The van der Waals surface area contributed by atoms with Crippen molar-refractivity contribution in [2.75, 3.05) is 18.6 Å². The van der Waals surface area contributed by atoms with Crippen LogP contribution in [0.15, 0.2) is 0 Å². The second-order valence-electron chi connectivity index (χ2n) is 6.70. The highest BCUT2D eigenvalue weighted by Gasteiger charge is 2.31. The molecular formula is C17H29N5O9S. The van der Waals surface area contributed by atoms with Gasteiger partial charge in [0, 0.05) is 6.42 Å². The van der Waals surface area contributed by atoms with Gasteiger partial charge in [0.05, 0.1) is 19.1 Å². The van der Waals surface area contributed by atoms with Gasteiger partial charge in [-0.1, -0.05) is 0 Å². The topological polar surface area (TPSA) is 251 Å². The monoisotopic (exact) mass is 479 g/mol. The number of hydrogen-bond acceptors (Lipinski definition) is 9. The number of aliphatic hydroxyl groups excluding tert-OH is 1. The van der Waals surface area contributed by atoms with Crippen molar-refractivity contribution in [2.45, 2.75) is 49.9 Å². The molecular weight excluding hydrogens is 450 g/mol. The number of carboxylic acids is 2. The van der Waals surface area contributed by atoms with Crippen molar-refractivity contribution in [3.63, 3.8) is 0 Å². The second kappa shape index (κ2) is 15.0. The van der Waals surface area contributed by atoms with E-state index in [1.54, 1.807) is 0 Å². The van der Waals surface area contributed by atoms with Crippen molar-refractivity contribution in [3.8, 4) is 0 Å². The predicted octanol–water partition coefficient (Wildman–Crippen LogP) is -3.66. The molecule has 0 spiro atoms. The lowest BCUT2D eigenvalue weighted by molar-refractivity contribution is -0.144. The first kappa shape index (κ1) is 29.1. The first-order valence-electron chi connectivity index (χ1n) is 9.42. The van der Waals surface area contributed by atoms with Crippen LogP contribution in [0.1, 0.15) is 25.7 Å². The Balaban J connectivity index is 5.45. The van der Waals surface area contributed by atoms with Crippen LogP contribution in [0.4, 0.5) is 0 Å². The van der Waals surface area contributed by atoms with Gasteiger partial charge in [-0.05, 0) is 24.9 Å². The molecule has 0 aromatic carbocycles. The van der Waals surface area contributed by atoms with E-state index in [-0.39, 0.29) is 0 Å². The number of carbonyl (C=O) groups is 6. The van der Waals surface area contributed by atoms with E-state index in [4.69, 9.17) is 26.8 Å². The van der Waals surface area contributed by atoms with Gasteiger partial charge >= 0.3 is 11.9 Å². The highest BCUT2D eigenvalue weighted by atomic mass is 32.2. The van der Waals surface area contributed by atoms with E-state index < -0.39 is 85.6 Å². The molecule has 0 bridgehead atoms. The van der Waals surface area contributed by atoms with Crippen molar-refractivity contribution < 1.29 is 44.1 Å². The van der Waals surface area contributed by atoms with Crippen molar-refractivity contribution in [2.24, 2.45) is 11.5 Å². The van der Waals surface area contributed by atoms with Crippen LogP contribution in [-0.2, 0) is 28.8 Å². The summed E-state index contributed by atoms with van der Waals surface area (Å²) in [6.07, 6.45) is 0.465. The van der Waals surface area contributed by atoms with Crippen LogP contribution in [0.25, 0.3) is 0 Å². The fraction of sp³-hybridized carbons (Fsp3) is 0.647. The van der Waals surface area contributed by atoms with Gasteiger partial charge in [-0.25, -0.2) is 4.79 Å². The minimum absolute atomic E-state index is 0.291. The largest absolute Gasteiger partial charge is 0.481 e. The molecule has 0 saturated carbocycles. The van der Waals surface area contributed by atoms with Crippen LogP contribution in [0.3, 0.4) is 0 Å². The Morgan fingerprint density at radius 1 is 0.875 bits per heavy atom. The number of aliphatic hydroxyl groups is 1. The molecule has 4 amide bonds. The number of amides is 4. The molecule has 0 aliphatic rings. The summed E-state index contributed by atoms with van der Waals surface area (Å²) < 4.78 is 0. The second-order valence-corrected chi connectivity index (χ2v) is 7.68. The molecule has 0 aliphatic heterocycles. The van der Waals surface area contributed by atoms with E-state index in [1.807, 2.05) is 11.6 Å². The summed E-state index contributed by atoms with van der Waals surface area (Å²) in [7, 11) is 0. The summed E-state index contributed by atoms with van der Waals surface area (Å²) >= 11 is 1.45. The molecule has 4 unspecified atom stereocenters. The van der Waals surface area contributed by atoms with E-state index in [0.717, 1.165) is 0 Å². The van der Waals surface area contributed by atoms with Gasteiger partial charge in [0.15, 0.2) is 0 Å². The fourth-order valence-electron chi connectivity index (χ4n) is 2.33. The molecule has 4 atom stereocenters. The lowest BCUT2D eigenvalue weighted by atomic mass is 10.1. The van der Waals surface area contributed by atoms with E-state index >= 15 is 0 Å². The van der Waals surface area contributed by atoms with Gasteiger partial charge in [-0.2, -0.15) is 11.8 Å². The van der Waals surface area contributed by atoms with Crippen molar-refractivity contribution in [3.05, 3.63) is 0 Å².